The summed E-state index contributed by atoms with van der Waals surface area (Å²) in [5.74, 6) is 2.95. The van der Waals surface area contributed by atoms with E-state index in [4.69, 9.17) is 4.42 Å². The third-order valence-corrected chi connectivity index (χ3v) is 4.48. The molecule has 1 aromatic rings. The number of nitrogens with one attached hydrogen (secondary N) is 1. The molecular formula is C17H29NO. The van der Waals surface area contributed by atoms with E-state index in [2.05, 4.69) is 45.1 Å². The Hall–Kier alpha value is -0.760. The van der Waals surface area contributed by atoms with Crippen LogP contribution in [0.5, 0.6) is 0 Å². The number of rotatable bonds is 4. The van der Waals surface area contributed by atoms with E-state index < -0.39 is 0 Å². The molecule has 1 aliphatic rings. The fourth-order valence-corrected chi connectivity index (χ4v) is 3.35. The Balaban J connectivity index is 1.92. The average molecular weight is 263 g/mol. The lowest BCUT2D eigenvalue weighted by atomic mass is 9.69. The third-order valence-electron chi connectivity index (χ3n) is 4.48. The highest BCUT2D eigenvalue weighted by Gasteiger charge is 2.33. The van der Waals surface area contributed by atoms with Crippen molar-refractivity contribution >= 4 is 0 Å². The molecule has 1 N–H and O–H groups in total. The molecular weight excluding hydrogens is 234 g/mol. The van der Waals surface area contributed by atoms with Crippen LogP contribution >= 0.6 is 0 Å². The van der Waals surface area contributed by atoms with Gasteiger partial charge in [-0.2, -0.15) is 0 Å². The van der Waals surface area contributed by atoms with Gasteiger partial charge in [0.1, 0.15) is 11.5 Å². The molecule has 19 heavy (non-hydrogen) atoms. The molecule has 2 atom stereocenters. The molecule has 0 amide bonds. The normalized spacial score (nSPS) is 24.6. The lowest BCUT2D eigenvalue weighted by Crippen LogP contribution is -2.43. The highest BCUT2D eigenvalue weighted by Crippen LogP contribution is 2.38. The van der Waals surface area contributed by atoms with Crippen LogP contribution < -0.4 is 5.32 Å². The van der Waals surface area contributed by atoms with Gasteiger partial charge >= 0.3 is 0 Å². The van der Waals surface area contributed by atoms with Gasteiger partial charge in [0, 0.05) is 12.5 Å². The predicted octanol–water partition coefficient (Wildman–Crippen LogP) is 4.54. The second kappa shape index (κ2) is 6.13. The maximum atomic E-state index is 5.78. The molecule has 2 heteroatoms. The van der Waals surface area contributed by atoms with Crippen molar-refractivity contribution in [2.75, 3.05) is 0 Å². The van der Waals surface area contributed by atoms with E-state index in [1.807, 2.05) is 0 Å². The largest absolute Gasteiger partial charge is 0.465 e. The molecule has 1 saturated carbocycles. The van der Waals surface area contributed by atoms with E-state index in [1.54, 1.807) is 0 Å². The van der Waals surface area contributed by atoms with Crippen molar-refractivity contribution in [3.8, 4) is 0 Å². The molecule has 0 aromatic carbocycles. The van der Waals surface area contributed by atoms with Gasteiger partial charge in [-0.05, 0) is 36.3 Å². The second-order valence-electron chi connectivity index (χ2n) is 6.97. The van der Waals surface area contributed by atoms with Gasteiger partial charge in [-0.25, -0.2) is 0 Å². The van der Waals surface area contributed by atoms with Crippen LogP contribution in [0.4, 0.5) is 0 Å². The van der Waals surface area contributed by atoms with Crippen LogP contribution in [0.15, 0.2) is 16.5 Å². The third kappa shape index (κ3) is 3.85. The van der Waals surface area contributed by atoms with Crippen LogP contribution in [0.25, 0.3) is 0 Å². The Bertz CT molecular complexity index is 388. The minimum absolute atomic E-state index is 0.399. The van der Waals surface area contributed by atoms with Crippen molar-refractivity contribution in [3.63, 3.8) is 0 Å². The molecule has 2 nitrogen and oxygen atoms in total. The summed E-state index contributed by atoms with van der Waals surface area (Å²) >= 11 is 0. The monoisotopic (exact) mass is 263 g/mol. The molecule has 2 unspecified atom stereocenters. The van der Waals surface area contributed by atoms with Crippen molar-refractivity contribution in [2.24, 2.45) is 11.3 Å². The first-order valence-electron chi connectivity index (χ1n) is 7.81. The summed E-state index contributed by atoms with van der Waals surface area (Å²) in [7, 11) is 0. The highest BCUT2D eigenvalue weighted by molar-refractivity contribution is 5.07. The van der Waals surface area contributed by atoms with Gasteiger partial charge in [0.25, 0.3) is 0 Å². The van der Waals surface area contributed by atoms with Crippen molar-refractivity contribution < 1.29 is 4.42 Å². The lowest BCUT2D eigenvalue weighted by Gasteiger charge is -2.40. The van der Waals surface area contributed by atoms with Gasteiger partial charge in [0.05, 0.1) is 6.54 Å². The van der Waals surface area contributed by atoms with E-state index in [1.165, 1.54) is 25.7 Å². The summed E-state index contributed by atoms with van der Waals surface area (Å²) in [6.07, 6.45) is 6.40. The Morgan fingerprint density at radius 1 is 1.16 bits per heavy atom. The quantitative estimate of drug-likeness (QED) is 0.863. The van der Waals surface area contributed by atoms with E-state index in [0.29, 0.717) is 11.5 Å². The predicted molar refractivity (Wildman–Crippen MR) is 80.1 cm³/mol. The topological polar surface area (TPSA) is 25.2 Å². The molecule has 108 valence electrons. The summed E-state index contributed by atoms with van der Waals surface area (Å²) < 4.78 is 5.78. The molecule has 0 radical (unpaired) electrons. The van der Waals surface area contributed by atoms with Crippen LogP contribution in [0.3, 0.4) is 0 Å². The Labute approximate surface area is 118 Å². The molecule has 1 aromatic heterocycles. The van der Waals surface area contributed by atoms with Crippen LogP contribution in [0, 0.1) is 11.3 Å². The summed E-state index contributed by atoms with van der Waals surface area (Å²) in [6, 6.07) is 4.85. The Morgan fingerprint density at radius 3 is 2.47 bits per heavy atom. The van der Waals surface area contributed by atoms with Crippen LogP contribution in [0.2, 0.25) is 0 Å². The number of hydrogen-bond acceptors (Lipinski definition) is 2. The Morgan fingerprint density at radius 2 is 1.84 bits per heavy atom. The van der Waals surface area contributed by atoms with Gasteiger partial charge in [0.2, 0.25) is 0 Å². The first-order chi connectivity index (χ1) is 9.00. The zero-order valence-electron chi connectivity index (χ0n) is 13.0. The number of hydrogen-bond donors (Lipinski definition) is 1. The summed E-state index contributed by atoms with van der Waals surface area (Å²) in [5.41, 5.74) is 0.399. The van der Waals surface area contributed by atoms with E-state index in [9.17, 15) is 0 Å². The minimum Gasteiger partial charge on any atom is -0.465 e. The molecule has 0 spiro atoms. The molecule has 1 aliphatic carbocycles. The fraction of sp³-hybridized carbons (Fsp3) is 0.765. The van der Waals surface area contributed by atoms with E-state index in [0.717, 1.165) is 30.4 Å². The standard InChI is InChI=1S/C17H29NO/c1-5-13-10-11-14(19-13)12-18-16-9-7-6-8-15(16)17(2,3)4/h10-11,15-16,18H,5-9,12H2,1-4H3. The smallest absolute Gasteiger partial charge is 0.117 e. The van der Waals surface area contributed by atoms with Gasteiger partial charge in [-0.15, -0.1) is 0 Å². The van der Waals surface area contributed by atoms with Gasteiger partial charge in [0.15, 0.2) is 0 Å². The second-order valence-corrected chi connectivity index (χ2v) is 6.97. The molecule has 1 fully saturated rings. The van der Waals surface area contributed by atoms with Crippen molar-refractivity contribution in [3.05, 3.63) is 23.7 Å². The van der Waals surface area contributed by atoms with Crippen LogP contribution in [0.1, 0.15) is 64.9 Å². The molecule has 1 heterocycles. The zero-order chi connectivity index (χ0) is 13.9. The summed E-state index contributed by atoms with van der Waals surface area (Å²) in [5, 5.41) is 3.74. The minimum atomic E-state index is 0.399. The van der Waals surface area contributed by atoms with Gasteiger partial charge in [-0.1, -0.05) is 40.5 Å². The summed E-state index contributed by atoms with van der Waals surface area (Å²) in [6.45, 7) is 10.1. The first-order valence-corrected chi connectivity index (χ1v) is 7.81. The lowest BCUT2D eigenvalue weighted by molar-refractivity contribution is 0.128. The zero-order valence-corrected chi connectivity index (χ0v) is 13.0. The van der Waals surface area contributed by atoms with E-state index in [-0.39, 0.29) is 0 Å². The van der Waals surface area contributed by atoms with Crippen LogP contribution in [-0.2, 0) is 13.0 Å². The average Bonchev–Trinajstić information content (AvgIpc) is 2.83. The van der Waals surface area contributed by atoms with Crippen molar-refractivity contribution in [1.82, 2.24) is 5.32 Å². The van der Waals surface area contributed by atoms with Crippen molar-refractivity contribution in [2.45, 2.75) is 72.4 Å². The first kappa shape index (κ1) is 14.6. The maximum absolute atomic E-state index is 5.78. The number of aryl methyl sites for hydroxylation is 1. The summed E-state index contributed by atoms with van der Waals surface area (Å²) in [4.78, 5) is 0. The van der Waals surface area contributed by atoms with Gasteiger partial charge < -0.3 is 9.73 Å². The number of furan rings is 1. The Kier molecular flexibility index (Phi) is 4.72. The van der Waals surface area contributed by atoms with Crippen molar-refractivity contribution in [1.29, 1.82) is 0 Å². The fourth-order valence-electron chi connectivity index (χ4n) is 3.35. The maximum Gasteiger partial charge on any atom is 0.117 e. The molecule has 0 saturated heterocycles. The molecule has 0 aliphatic heterocycles. The molecule has 2 rings (SSSR count). The van der Waals surface area contributed by atoms with Crippen LogP contribution in [-0.4, -0.2) is 6.04 Å². The highest BCUT2D eigenvalue weighted by atomic mass is 16.3. The van der Waals surface area contributed by atoms with E-state index >= 15 is 0 Å². The van der Waals surface area contributed by atoms with Gasteiger partial charge in [-0.3, -0.25) is 0 Å². The molecule has 0 bridgehead atoms. The SMILES string of the molecule is CCc1ccc(CNC2CCCCC2C(C)(C)C)o1.